The molecule has 3 aromatic rings. The Bertz CT molecular complexity index is 1280. The number of nitrogens with zero attached hydrogens (tertiary/aromatic N) is 2. The van der Waals surface area contributed by atoms with Crippen molar-refractivity contribution in [2.75, 3.05) is 11.7 Å². The van der Waals surface area contributed by atoms with Gasteiger partial charge in [0.05, 0.1) is 11.6 Å². The summed E-state index contributed by atoms with van der Waals surface area (Å²) in [7, 11) is 0. The van der Waals surface area contributed by atoms with Crippen molar-refractivity contribution in [1.82, 2.24) is 4.98 Å². The van der Waals surface area contributed by atoms with Crippen LogP contribution in [0.1, 0.15) is 28.3 Å². The molecule has 1 fully saturated rings. The van der Waals surface area contributed by atoms with Crippen LogP contribution in [0.25, 0.3) is 5.76 Å². The number of rotatable bonds is 3. The quantitative estimate of drug-likeness (QED) is 0.385. The van der Waals surface area contributed by atoms with Gasteiger partial charge in [-0.15, -0.1) is 0 Å². The number of aryl methyl sites for hydroxylation is 2. The number of anilines is 1. The van der Waals surface area contributed by atoms with Crippen molar-refractivity contribution >= 4 is 23.1 Å². The highest BCUT2D eigenvalue weighted by atomic mass is 16.7. The van der Waals surface area contributed by atoms with Crippen LogP contribution in [0.15, 0.2) is 66.5 Å². The largest absolute Gasteiger partial charge is 0.507 e. The van der Waals surface area contributed by atoms with E-state index in [4.69, 9.17) is 9.47 Å². The predicted octanol–water partition coefficient (Wildman–Crippen LogP) is 4.05. The third-order valence-corrected chi connectivity index (χ3v) is 5.86. The van der Waals surface area contributed by atoms with Crippen LogP contribution in [0.3, 0.4) is 0 Å². The van der Waals surface area contributed by atoms with Gasteiger partial charge in [-0.3, -0.25) is 19.5 Å². The van der Waals surface area contributed by atoms with Crippen molar-refractivity contribution in [2.45, 2.75) is 19.9 Å². The number of amides is 1. The Morgan fingerprint density at radius 3 is 2.59 bits per heavy atom. The molecule has 7 nitrogen and oxygen atoms in total. The number of aliphatic hydroxyl groups excluding tert-OH is 1. The first-order valence-electron chi connectivity index (χ1n) is 10.1. The number of carbonyl (C=O) groups is 2. The monoisotopic (exact) mass is 428 g/mol. The Morgan fingerprint density at radius 1 is 1.03 bits per heavy atom. The first kappa shape index (κ1) is 19.8. The molecule has 7 heteroatoms. The van der Waals surface area contributed by atoms with E-state index in [1.165, 1.54) is 4.90 Å². The molecule has 1 saturated heterocycles. The minimum Gasteiger partial charge on any atom is -0.507 e. The fourth-order valence-electron chi connectivity index (χ4n) is 4.03. The van der Waals surface area contributed by atoms with Crippen molar-refractivity contribution < 1.29 is 24.2 Å². The van der Waals surface area contributed by atoms with Gasteiger partial charge in [-0.25, -0.2) is 0 Å². The van der Waals surface area contributed by atoms with Crippen LogP contribution in [0.4, 0.5) is 5.69 Å². The number of aromatic nitrogens is 1. The fraction of sp³-hybridized carbons (Fsp3) is 0.160. The molecule has 2 aromatic carbocycles. The molecule has 160 valence electrons. The van der Waals surface area contributed by atoms with Gasteiger partial charge in [0.2, 0.25) is 6.79 Å². The molecule has 0 radical (unpaired) electrons. The lowest BCUT2D eigenvalue weighted by molar-refractivity contribution is -0.132. The number of fused-ring (bicyclic) bond motifs is 1. The second-order valence-electron chi connectivity index (χ2n) is 7.79. The maximum absolute atomic E-state index is 13.2. The molecular formula is C25H20N2O5. The number of Topliss-reactive ketones (excluding diaryl/α,β-unsaturated/α-hetero) is 1. The second kappa shape index (κ2) is 7.53. The van der Waals surface area contributed by atoms with E-state index in [1.54, 1.807) is 48.8 Å². The van der Waals surface area contributed by atoms with Crippen molar-refractivity contribution in [3.63, 3.8) is 0 Å². The summed E-state index contributed by atoms with van der Waals surface area (Å²) in [4.78, 5) is 32.0. The molecule has 3 heterocycles. The summed E-state index contributed by atoms with van der Waals surface area (Å²) >= 11 is 0. The molecule has 5 rings (SSSR count). The lowest BCUT2D eigenvalue weighted by Gasteiger charge is -2.25. The molecule has 0 aliphatic carbocycles. The lowest BCUT2D eigenvalue weighted by Crippen LogP contribution is -2.29. The number of carbonyl (C=O) groups excluding carboxylic acids is 2. The summed E-state index contributed by atoms with van der Waals surface area (Å²) in [6, 6.07) is 13.2. The minimum absolute atomic E-state index is 0.0000865. The number of ketones is 1. The molecule has 2 aliphatic heterocycles. The first-order chi connectivity index (χ1) is 15.5. The Balaban J connectivity index is 1.70. The highest BCUT2D eigenvalue weighted by molar-refractivity contribution is 6.51. The van der Waals surface area contributed by atoms with Gasteiger partial charge < -0.3 is 14.6 Å². The predicted molar refractivity (Wildman–Crippen MR) is 118 cm³/mol. The Morgan fingerprint density at radius 2 is 1.84 bits per heavy atom. The van der Waals surface area contributed by atoms with Crippen LogP contribution >= 0.6 is 0 Å². The van der Waals surface area contributed by atoms with Crippen LogP contribution in [0.2, 0.25) is 0 Å². The summed E-state index contributed by atoms with van der Waals surface area (Å²) in [6.07, 6.45) is 3.21. The van der Waals surface area contributed by atoms with Gasteiger partial charge in [0.15, 0.2) is 11.5 Å². The Labute approximate surface area is 184 Å². The number of aliphatic hydroxyl groups is 1. The van der Waals surface area contributed by atoms with Crippen LogP contribution in [-0.4, -0.2) is 28.6 Å². The van der Waals surface area contributed by atoms with Gasteiger partial charge in [0.1, 0.15) is 5.76 Å². The standard InChI is InChI=1S/C25H20N2O5/c1-14-5-7-18(10-15(14)2)27-22(17-4-3-9-26-12-17)21(24(29)25(27)30)23(28)16-6-8-19-20(11-16)32-13-31-19/h3-12,22,28H,13H2,1-2H3/b23-21-. The van der Waals surface area contributed by atoms with Crippen molar-refractivity contribution in [3.05, 3.63) is 88.8 Å². The van der Waals surface area contributed by atoms with Crippen LogP contribution < -0.4 is 14.4 Å². The van der Waals surface area contributed by atoms with Crippen molar-refractivity contribution in [3.8, 4) is 11.5 Å². The van der Waals surface area contributed by atoms with E-state index in [2.05, 4.69) is 4.98 Å². The normalized spacial score (nSPS) is 18.9. The maximum atomic E-state index is 13.2. The van der Waals surface area contributed by atoms with Gasteiger partial charge in [0.25, 0.3) is 11.7 Å². The van der Waals surface area contributed by atoms with E-state index in [0.29, 0.717) is 28.3 Å². The first-order valence-corrected chi connectivity index (χ1v) is 10.1. The average Bonchev–Trinajstić information content (AvgIpc) is 3.38. The van der Waals surface area contributed by atoms with E-state index in [0.717, 1.165) is 11.1 Å². The Hall–Kier alpha value is -4.13. The van der Waals surface area contributed by atoms with Gasteiger partial charge >= 0.3 is 0 Å². The van der Waals surface area contributed by atoms with Gasteiger partial charge in [-0.05, 0) is 66.9 Å². The third-order valence-electron chi connectivity index (χ3n) is 5.86. The summed E-state index contributed by atoms with van der Waals surface area (Å²) in [5.74, 6) is -0.713. The summed E-state index contributed by atoms with van der Waals surface area (Å²) < 4.78 is 10.7. The zero-order valence-electron chi connectivity index (χ0n) is 17.5. The van der Waals surface area contributed by atoms with E-state index in [9.17, 15) is 14.7 Å². The van der Waals surface area contributed by atoms with Crippen molar-refractivity contribution in [1.29, 1.82) is 0 Å². The summed E-state index contributed by atoms with van der Waals surface area (Å²) in [5, 5.41) is 11.2. The second-order valence-corrected chi connectivity index (χ2v) is 7.79. The van der Waals surface area contributed by atoms with E-state index in [1.807, 2.05) is 26.0 Å². The highest BCUT2D eigenvalue weighted by Gasteiger charge is 2.47. The lowest BCUT2D eigenvalue weighted by atomic mass is 9.96. The maximum Gasteiger partial charge on any atom is 0.300 e. The molecule has 1 aromatic heterocycles. The molecule has 0 spiro atoms. The van der Waals surface area contributed by atoms with Crippen LogP contribution in [0, 0.1) is 13.8 Å². The third kappa shape index (κ3) is 3.10. The van der Waals surface area contributed by atoms with E-state index in [-0.39, 0.29) is 18.1 Å². The number of benzene rings is 2. The minimum atomic E-state index is -0.823. The fourth-order valence-corrected chi connectivity index (χ4v) is 4.03. The SMILES string of the molecule is Cc1ccc(N2C(=O)C(=O)/C(=C(\O)c3ccc4c(c3)OCO4)C2c2cccnc2)cc1C. The summed E-state index contributed by atoms with van der Waals surface area (Å²) in [6.45, 7) is 4.01. The zero-order valence-corrected chi connectivity index (χ0v) is 17.5. The highest BCUT2D eigenvalue weighted by Crippen LogP contribution is 2.43. The van der Waals surface area contributed by atoms with Gasteiger partial charge in [0, 0.05) is 23.6 Å². The smallest absolute Gasteiger partial charge is 0.300 e. The van der Waals surface area contributed by atoms with E-state index < -0.39 is 17.7 Å². The molecule has 1 unspecified atom stereocenters. The summed E-state index contributed by atoms with van der Waals surface area (Å²) in [5.41, 5.74) is 3.62. The number of hydrogen-bond donors (Lipinski definition) is 1. The average molecular weight is 428 g/mol. The topological polar surface area (TPSA) is 89.0 Å². The molecule has 2 aliphatic rings. The van der Waals surface area contributed by atoms with E-state index >= 15 is 0 Å². The molecule has 0 saturated carbocycles. The van der Waals surface area contributed by atoms with Crippen molar-refractivity contribution in [2.24, 2.45) is 0 Å². The molecule has 1 atom stereocenters. The number of hydrogen-bond acceptors (Lipinski definition) is 6. The van der Waals surface area contributed by atoms with Crippen LogP contribution in [0.5, 0.6) is 11.5 Å². The zero-order chi connectivity index (χ0) is 22.4. The molecule has 32 heavy (non-hydrogen) atoms. The molecular weight excluding hydrogens is 408 g/mol. The Kier molecular flexibility index (Phi) is 4.66. The van der Waals surface area contributed by atoms with Crippen LogP contribution in [-0.2, 0) is 9.59 Å². The van der Waals surface area contributed by atoms with Gasteiger partial charge in [-0.1, -0.05) is 12.1 Å². The number of ether oxygens (including phenoxy) is 2. The molecule has 0 bridgehead atoms. The number of pyridine rings is 1. The molecule has 1 amide bonds. The van der Waals surface area contributed by atoms with Gasteiger partial charge in [-0.2, -0.15) is 0 Å². The molecule has 1 N–H and O–H groups in total.